The fourth-order valence-corrected chi connectivity index (χ4v) is 4.02. The number of hydrazone groups is 1. The molecule has 0 radical (unpaired) electrons. The van der Waals surface area contributed by atoms with Crippen molar-refractivity contribution in [1.29, 1.82) is 0 Å². The second-order valence-electron chi connectivity index (χ2n) is 6.64. The van der Waals surface area contributed by atoms with E-state index in [9.17, 15) is 9.59 Å². The van der Waals surface area contributed by atoms with E-state index in [4.69, 9.17) is 5.73 Å². The summed E-state index contributed by atoms with van der Waals surface area (Å²) in [6, 6.07) is 9.15. The Morgan fingerprint density at radius 1 is 1.17 bits per heavy atom. The molecule has 1 saturated heterocycles. The second-order valence-corrected chi connectivity index (χ2v) is 6.64. The van der Waals surface area contributed by atoms with Crippen molar-refractivity contribution in [2.75, 3.05) is 11.6 Å². The fourth-order valence-electron chi connectivity index (χ4n) is 4.02. The van der Waals surface area contributed by atoms with E-state index < -0.39 is 11.9 Å². The van der Waals surface area contributed by atoms with E-state index >= 15 is 0 Å². The molecule has 2 N–H and O–H groups in total. The first kappa shape index (κ1) is 14.2. The Morgan fingerprint density at radius 2 is 1.96 bits per heavy atom. The van der Waals surface area contributed by atoms with Crippen LogP contribution in [-0.4, -0.2) is 41.1 Å². The highest BCUT2D eigenvalue weighted by Crippen LogP contribution is 2.38. The number of amides is 2. The Labute approximate surface area is 134 Å². The Bertz CT molecular complexity index is 672. The van der Waals surface area contributed by atoms with E-state index in [1.165, 1.54) is 6.42 Å². The molecule has 2 fully saturated rings. The van der Waals surface area contributed by atoms with Gasteiger partial charge >= 0.3 is 0 Å². The number of rotatable bonds is 3. The molecular formula is C17H20N4O2. The van der Waals surface area contributed by atoms with Crippen molar-refractivity contribution in [3.05, 3.63) is 30.3 Å². The molecule has 3 unspecified atom stereocenters. The average Bonchev–Trinajstić information content (AvgIpc) is 3.29. The third-order valence-electron chi connectivity index (χ3n) is 5.18. The maximum Gasteiger partial charge on any atom is 0.270 e. The number of nitrogens with two attached hydrogens (primary N) is 1. The van der Waals surface area contributed by atoms with E-state index in [0.717, 1.165) is 25.1 Å². The van der Waals surface area contributed by atoms with E-state index in [1.54, 1.807) is 5.01 Å². The van der Waals surface area contributed by atoms with Crippen molar-refractivity contribution in [2.45, 2.75) is 37.8 Å². The van der Waals surface area contributed by atoms with Gasteiger partial charge in [0.1, 0.15) is 11.8 Å². The van der Waals surface area contributed by atoms with Crippen LogP contribution in [0.15, 0.2) is 35.4 Å². The molecule has 23 heavy (non-hydrogen) atoms. The summed E-state index contributed by atoms with van der Waals surface area (Å²) >= 11 is 0. The highest BCUT2D eigenvalue weighted by molar-refractivity contribution is 6.40. The van der Waals surface area contributed by atoms with Gasteiger partial charge in [0.2, 0.25) is 5.91 Å². The molecule has 1 aliphatic carbocycles. The Morgan fingerprint density at radius 3 is 2.57 bits per heavy atom. The van der Waals surface area contributed by atoms with Gasteiger partial charge in [0.25, 0.3) is 5.91 Å². The molecule has 3 aliphatic rings. The molecule has 2 aliphatic heterocycles. The second kappa shape index (κ2) is 5.37. The van der Waals surface area contributed by atoms with Crippen LogP contribution in [-0.2, 0) is 9.59 Å². The minimum absolute atomic E-state index is 0.0260. The minimum atomic E-state index is -0.587. The first-order valence-corrected chi connectivity index (χ1v) is 8.15. The van der Waals surface area contributed by atoms with Crippen molar-refractivity contribution in [3.63, 3.8) is 0 Å². The quantitative estimate of drug-likeness (QED) is 0.908. The smallest absolute Gasteiger partial charge is 0.270 e. The number of likely N-dealkylation sites (tertiary alicyclic amines) is 1. The molecule has 3 atom stereocenters. The van der Waals surface area contributed by atoms with Crippen molar-refractivity contribution in [2.24, 2.45) is 16.8 Å². The highest BCUT2D eigenvalue weighted by Gasteiger charge is 2.44. The molecule has 6 nitrogen and oxygen atoms in total. The van der Waals surface area contributed by atoms with Gasteiger partial charge in [0.05, 0.1) is 5.69 Å². The number of nitrogens with zero attached hydrogens (tertiary/aromatic N) is 3. The van der Waals surface area contributed by atoms with Gasteiger partial charge in [0.15, 0.2) is 0 Å². The van der Waals surface area contributed by atoms with Gasteiger partial charge in [0, 0.05) is 19.0 Å². The summed E-state index contributed by atoms with van der Waals surface area (Å²) in [6.45, 7) is 0.828. The SMILES string of the molecule is NC(=O)C1CC(C(=O)N2CC3CCC2C3)=NN1c1ccccc1. The van der Waals surface area contributed by atoms with Gasteiger partial charge in [-0.1, -0.05) is 18.2 Å². The number of piperidine rings is 1. The monoisotopic (exact) mass is 312 g/mol. The van der Waals surface area contributed by atoms with Crippen molar-refractivity contribution >= 4 is 23.2 Å². The van der Waals surface area contributed by atoms with Crippen molar-refractivity contribution in [3.8, 4) is 0 Å². The molecular weight excluding hydrogens is 292 g/mol. The molecule has 120 valence electrons. The van der Waals surface area contributed by atoms with Crippen molar-refractivity contribution < 1.29 is 9.59 Å². The minimum Gasteiger partial charge on any atom is -0.368 e. The largest absolute Gasteiger partial charge is 0.368 e. The third-order valence-corrected chi connectivity index (χ3v) is 5.18. The van der Waals surface area contributed by atoms with Crippen LogP contribution in [0.3, 0.4) is 0 Å². The lowest BCUT2D eigenvalue weighted by Crippen LogP contribution is -2.42. The summed E-state index contributed by atoms with van der Waals surface area (Å²) in [5, 5.41) is 6.03. The summed E-state index contributed by atoms with van der Waals surface area (Å²) in [6.07, 6.45) is 3.71. The Balaban J connectivity index is 1.59. The summed E-state index contributed by atoms with van der Waals surface area (Å²) < 4.78 is 0. The van der Waals surface area contributed by atoms with Gasteiger partial charge in [-0.25, -0.2) is 0 Å². The Hall–Kier alpha value is -2.37. The number of hydrogen-bond donors (Lipinski definition) is 1. The Kier molecular flexibility index (Phi) is 3.32. The van der Waals surface area contributed by atoms with Crippen LogP contribution in [0.5, 0.6) is 0 Å². The van der Waals surface area contributed by atoms with E-state index in [-0.39, 0.29) is 12.3 Å². The maximum absolute atomic E-state index is 12.8. The fraction of sp³-hybridized carbons (Fsp3) is 0.471. The molecule has 2 bridgehead atoms. The zero-order valence-electron chi connectivity index (χ0n) is 12.9. The number of fused-ring (bicyclic) bond motifs is 2. The summed E-state index contributed by atoms with van der Waals surface area (Å²) in [5.74, 6) is 0.161. The number of para-hydroxylation sites is 1. The summed E-state index contributed by atoms with van der Waals surface area (Å²) in [4.78, 5) is 26.5. The van der Waals surface area contributed by atoms with Crippen LogP contribution in [0.25, 0.3) is 0 Å². The first-order valence-electron chi connectivity index (χ1n) is 8.15. The summed E-state index contributed by atoms with van der Waals surface area (Å²) in [5.41, 5.74) is 6.75. The maximum atomic E-state index is 12.8. The number of anilines is 1. The van der Waals surface area contributed by atoms with Crippen LogP contribution in [0.4, 0.5) is 5.69 Å². The molecule has 2 heterocycles. The van der Waals surface area contributed by atoms with Gasteiger partial charge in [-0.3, -0.25) is 14.6 Å². The molecule has 0 spiro atoms. The van der Waals surface area contributed by atoms with E-state index in [2.05, 4.69) is 5.10 Å². The summed E-state index contributed by atoms with van der Waals surface area (Å²) in [7, 11) is 0. The van der Waals surface area contributed by atoms with Crippen LogP contribution < -0.4 is 10.7 Å². The van der Waals surface area contributed by atoms with Crippen molar-refractivity contribution in [1.82, 2.24) is 4.90 Å². The van der Waals surface area contributed by atoms with E-state index in [0.29, 0.717) is 17.7 Å². The predicted octanol–water partition coefficient (Wildman–Crippen LogP) is 1.12. The number of primary amides is 1. The third kappa shape index (κ3) is 2.38. The number of carbonyl (C=O) groups is 2. The molecule has 1 aromatic carbocycles. The van der Waals surface area contributed by atoms with Crippen LogP contribution in [0.1, 0.15) is 25.7 Å². The molecule has 6 heteroatoms. The molecule has 4 rings (SSSR count). The number of hydrogen-bond acceptors (Lipinski definition) is 4. The lowest BCUT2D eigenvalue weighted by atomic mass is 10.1. The van der Waals surface area contributed by atoms with Gasteiger partial charge in [-0.15, -0.1) is 0 Å². The normalized spacial score (nSPS) is 29.0. The molecule has 1 saturated carbocycles. The topological polar surface area (TPSA) is 79.0 Å². The van der Waals surface area contributed by atoms with Gasteiger partial charge in [-0.05, 0) is 37.3 Å². The lowest BCUT2D eigenvalue weighted by Gasteiger charge is -2.26. The molecule has 2 amide bonds. The standard InChI is InChI=1S/C17H20N4O2/c18-16(22)15-9-14(19-21(15)12-4-2-1-3-5-12)17(23)20-10-11-6-7-13(20)8-11/h1-5,11,13,15H,6-10H2,(H2,18,22). The van der Waals surface area contributed by atoms with Crippen LogP contribution in [0.2, 0.25) is 0 Å². The molecule has 1 aromatic rings. The van der Waals surface area contributed by atoms with Gasteiger partial charge < -0.3 is 10.6 Å². The average molecular weight is 312 g/mol. The van der Waals surface area contributed by atoms with Crippen LogP contribution >= 0.6 is 0 Å². The number of carbonyl (C=O) groups excluding carboxylic acids is 2. The predicted molar refractivity (Wildman–Crippen MR) is 86.8 cm³/mol. The first-order chi connectivity index (χ1) is 11.1. The molecule has 0 aromatic heterocycles. The number of benzene rings is 1. The highest BCUT2D eigenvalue weighted by atomic mass is 16.2. The van der Waals surface area contributed by atoms with Gasteiger partial charge in [-0.2, -0.15) is 5.10 Å². The van der Waals surface area contributed by atoms with E-state index in [1.807, 2.05) is 35.2 Å². The lowest BCUT2D eigenvalue weighted by molar-refractivity contribution is -0.125. The zero-order valence-corrected chi connectivity index (χ0v) is 12.9. The van der Waals surface area contributed by atoms with Crippen LogP contribution in [0, 0.1) is 5.92 Å². The zero-order chi connectivity index (χ0) is 16.0.